The summed E-state index contributed by atoms with van der Waals surface area (Å²) in [5, 5.41) is 0. The lowest BCUT2D eigenvalue weighted by Gasteiger charge is -2.24. The summed E-state index contributed by atoms with van der Waals surface area (Å²) in [7, 11) is 0. The number of hydrogen-bond donors (Lipinski definition) is 1. The molecule has 0 saturated heterocycles. The Hall–Kier alpha value is -1.36. The first-order valence-corrected chi connectivity index (χ1v) is 5.96. The van der Waals surface area contributed by atoms with E-state index in [2.05, 4.69) is 6.58 Å². The van der Waals surface area contributed by atoms with Crippen LogP contribution in [0.4, 0.5) is 0 Å². The molecule has 0 aromatic carbocycles. The molecule has 0 spiro atoms. The van der Waals surface area contributed by atoms with E-state index in [1.54, 1.807) is 27.7 Å². The lowest BCUT2D eigenvalue weighted by molar-refractivity contribution is -0.172. The standard InChI is InChI=1S/C13H21NO4/c1-6-12(14)8-13(12,9(15)17-7-2)10(16)18-11(3,4)5/h6H,1,7-8,14H2,2-5H3/t12-,13+/m0/s1. The summed E-state index contributed by atoms with van der Waals surface area (Å²) in [6.07, 6.45) is 1.59. The fourth-order valence-corrected chi connectivity index (χ4v) is 1.87. The molecule has 1 aliphatic carbocycles. The summed E-state index contributed by atoms with van der Waals surface area (Å²) in [5.41, 5.74) is 2.78. The number of ether oxygens (including phenoxy) is 2. The van der Waals surface area contributed by atoms with E-state index in [0.717, 1.165) is 0 Å². The van der Waals surface area contributed by atoms with Crippen LogP contribution in [0.2, 0.25) is 0 Å². The summed E-state index contributed by atoms with van der Waals surface area (Å²) in [6.45, 7) is 10.6. The van der Waals surface area contributed by atoms with E-state index < -0.39 is 28.5 Å². The number of hydrogen-bond acceptors (Lipinski definition) is 5. The molecular formula is C13H21NO4. The van der Waals surface area contributed by atoms with E-state index in [9.17, 15) is 9.59 Å². The van der Waals surface area contributed by atoms with Crippen molar-refractivity contribution in [1.82, 2.24) is 0 Å². The fraction of sp³-hybridized carbons (Fsp3) is 0.692. The Morgan fingerprint density at radius 3 is 2.28 bits per heavy atom. The fourth-order valence-electron chi connectivity index (χ4n) is 1.87. The molecule has 0 amide bonds. The number of nitrogens with two attached hydrogens (primary N) is 1. The maximum absolute atomic E-state index is 12.2. The van der Waals surface area contributed by atoms with Gasteiger partial charge in [0.25, 0.3) is 0 Å². The minimum atomic E-state index is -1.43. The molecule has 5 nitrogen and oxygen atoms in total. The van der Waals surface area contributed by atoms with Gasteiger partial charge in [-0.3, -0.25) is 9.59 Å². The second-order valence-electron chi connectivity index (χ2n) is 5.55. The van der Waals surface area contributed by atoms with Gasteiger partial charge in [0, 0.05) is 0 Å². The zero-order valence-electron chi connectivity index (χ0n) is 11.4. The molecule has 1 aliphatic rings. The van der Waals surface area contributed by atoms with E-state index in [-0.39, 0.29) is 13.0 Å². The van der Waals surface area contributed by atoms with Gasteiger partial charge in [0.05, 0.1) is 12.1 Å². The largest absolute Gasteiger partial charge is 0.465 e. The molecule has 18 heavy (non-hydrogen) atoms. The molecule has 1 rings (SSSR count). The average molecular weight is 255 g/mol. The van der Waals surface area contributed by atoms with Crippen molar-refractivity contribution in [3.63, 3.8) is 0 Å². The Bertz CT molecular complexity index is 385. The highest BCUT2D eigenvalue weighted by Crippen LogP contribution is 2.57. The third-order valence-electron chi connectivity index (χ3n) is 2.96. The van der Waals surface area contributed by atoms with Crippen molar-refractivity contribution in [2.24, 2.45) is 11.1 Å². The lowest BCUT2D eigenvalue weighted by atomic mass is 9.99. The van der Waals surface area contributed by atoms with Crippen LogP contribution in [0.5, 0.6) is 0 Å². The predicted octanol–water partition coefficient (Wildman–Crippen LogP) is 1.16. The summed E-state index contributed by atoms with van der Waals surface area (Å²) < 4.78 is 10.2. The molecule has 102 valence electrons. The van der Waals surface area contributed by atoms with Crippen LogP contribution in [0.3, 0.4) is 0 Å². The topological polar surface area (TPSA) is 78.6 Å². The zero-order valence-corrected chi connectivity index (χ0v) is 11.4. The first-order chi connectivity index (χ1) is 8.13. The van der Waals surface area contributed by atoms with Crippen LogP contribution in [-0.2, 0) is 19.1 Å². The van der Waals surface area contributed by atoms with Gasteiger partial charge in [-0.1, -0.05) is 6.08 Å². The third-order valence-corrected chi connectivity index (χ3v) is 2.96. The van der Waals surface area contributed by atoms with E-state index >= 15 is 0 Å². The van der Waals surface area contributed by atoms with Crippen molar-refractivity contribution in [2.75, 3.05) is 6.61 Å². The van der Waals surface area contributed by atoms with Gasteiger partial charge < -0.3 is 15.2 Å². The van der Waals surface area contributed by atoms with Crippen molar-refractivity contribution in [1.29, 1.82) is 0 Å². The molecule has 2 N–H and O–H groups in total. The highest BCUT2D eigenvalue weighted by atomic mass is 16.6. The van der Waals surface area contributed by atoms with E-state index in [0.29, 0.717) is 0 Å². The molecule has 5 heteroatoms. The summed E-state index contributed by atoms with van der Waals surface area (Å²) in [4.78, 5) is 24.2. The van der Waals surface area contributed by atoms with Gasteiger partial charge in [0.1, 0.15) is 5.60 Å². The minimum absolute atomic E-state index is 0.178. The van der Waals surface area contributed by atoms with Crippen LogP contribution in [0, 0.1) is 5.41 Å². The quantitative estimate of drug-likeness (QED) is 0.463. The molecule has 1 fully saturated rings. The van der Waals surface area contributed by atoms with Gasteiger partial charge in [-0.15, -0.1) is 6.58 Å². The molecule has 1 saturated carbocycles. The molecule has 0 heterocycles. The van der Waals surface area contributed by atoms with E-state index in [1.165, 1.54) is 6.08 Å². The number of rotatable bonds is 4. The maximum Gasteiger partial charge on any atom is 0.326 e. The highest BCUT2D eigenvalue weighted by molar-refractivity contribution is 6.07. The van der Waals surface area contributed by atoms with Gasteiger partial charge in [-0.25, -0.2) is 0 Å². The van der Waals surface area contributed by atoms with Gasteiger partial charge in [0.15, 0.2) is 5.41 Å². The van der Waals surface area contributed by atoms with Gasteiger partial charge >= 0.3 is 11.9 Å². The van der Waals surface area contributed by atoms with Gasteiger partial charge in [-0.2, -0.15) is 0 Å². The summed E-state index contributed by atoms with van der Waals surface area (Å²) in [5.74, 6) is -1.28. The van der Waals surface area contributed by atoms with Crippen molar-refractivity contribution in [3.8, 4) is 0 Å². The van der Waals surface area contributed by atoms with Crippen molar-refractivity contribution in [2.45, 2.75) is 45.3 Å². The molecular weight excluding hydrogens is 234 g/mol. The smallest absolute Gasteiger partial charge is 0.326 e. The number of esters is 2. The molecule has 2 atom stereocenters. The Morgan fingerprint density at radius 2 is 1.94 bits per heavy atom. The van der Waals surface area contributed by atoms with E-state index in [4.69, 9.17) is 15.2 Å². The molecule has 0 radical (unpaired) electrons. The molecule has 0 bridgehead atoms. The normalized spacial score (nSPS) is 30.5. The van der Waals surface area contributed by atoms with Gasteiger partial charge in [-0.05, 0) is 34.1 Å². The monoisotopic (exact) mass is 255 g/mol. The maximum atomic E-state index is 12.2. The summed E-state index contributed by atoms with van der Waals surface area (Å²) in [6, 6.07) is 0. The van der Waals surface area contributed by atoms with Crippen LogP contribution in [0.25, 0.3) is 0 Å². The third kappa shape index (κ3) is 2.27. The van der Waals surface area contributed by atoms with Crippen molar-refractivity contribution >= 4 is 11.9 Å². The Labute approximate surface area is 107 Å². The first kappa shape index (κ1) is 14.7. The molecule has 0 unspecified atom stereocenters. The predicted molar refractivity (Wildman–Crippen MR) is 66.6 cm³/mol. The number of carbonyl (C=O) groups excluding carboxylic acids is 2. The lowest BCUT2D eigenvalue weighted by Crippen LogP contribution is -2.43. The van der Waals surface area contributed by atoms with Crippen molar-refractivity contribution in [3.05, 3.63) is 12.7 Å². The molecule has 0 aromatic heterocycles. The SMILES string of the molecule is C=C[C@]1(N)C[C@@]1(C(=O)OCC)C(=O)OC(C)(C)C. The van der Waals surface area contributed by atoms with Crippen molar-refractivity contribution < 1.29 is 19.1 Å². The van der Waals surface area contributed by atoms with Crippen LogP contribution < -0.4 is 5.73 Å². The van der Waals surface area contributed by atoms with Gasteiger partial charge in [0.2, 0.25) is 0 Å². The second-order valence-corrected chi connectivity index (χ2v) is 5.55. The van der Waals surface area contributed by atoms with Crippen LogP contribution in [0.1, 0.15) is 34.1 Å². The summed E-state index contributed by atoms with van der Waals surface area (Å²) >= 11 is 0. The zero-order chi connectivity index (χ0) is 14.2. The average Bonchev–Trinajstić information content (AvgIpc) is 2.85. The first-order valence-electron chi connectivity index (χ1n) is 5.96. The molecule has 0 aliphatic heterocycles. The Kier molecular flexibility index (Phi) is 3.58. The highest BCUT2D eigenvalue weighted by Gasteiger charge is 2.76. The van der Waals surface area contributed by atoms with Crippen LogP contribution >= 0.6 is 0 Å². The minimum Gasteiger partial charge on any atom is -0.465 e. The molecule has 0 aromatic rings. The van der Waals surface area contributed by atoms with E-state index in [1.807, 2.05) is 0 Å². The van der Waals surface area contributed by atoms with Crippen LogP contribution in [-0.4, -0.2) is 29.7 Å². The number of carbonyl (C=O) groups is 2. The van der Waals surface area contributed by atoms with Crippen LogP contribution in [0.15, 0.2) is 12.7 Å². The Balaban J connectivity index is 2.99. The second kappa shape index (κ2) is 4.39. The Morgan fingerprint density at radius 1 is 1.39 bits per heavy atom.